The summed E-state index contributed by atoms with van der Waals surface area (Å²) in [5, 5.41) is 6.99. The van der Waals surface area contributed by atoms with Gasteiger partial charge in [-0.3, -0.25) is 4.79 Å². The molecule has 1 heterocycles. The Morgan fingerprint density at radius 1 is 1.00 bits per heavy atom. The first-order valence-electron chi connectivity index (χ1n) is 8.70. The van der Waals surface area contributed by atoms with Crippen LogP contribution in [0.25, 0.3) is 22.8 Å². The van der Waals surface area contributed by atoms with Crippen LogP contribution in [0.3, 0.4) is 0 Å². The molecule has 1 saturated carbocycles. The fourth-order valence-corrected chi connectivity index (χ4v) is 3.16. The van der Waals surface area contributed by atoms with Crippen molar-refractivity contribution in [2.45, 2.75) is 31.7 Å². The highest BCUT2D eigenvalue weighted by Gasteiger charge is 2.18. The number of nitrogens with zero attached hydrogens (tertiary/aromatic N) is 2. The lowest BCUT2D eigenvalue weighted by Gasteiger charge is -2.11. The minimum absolute atomic E-state index is 0.0546. The van der Waals surface area contributed by atoms with Crippen LogP contribution in [-0.2, 0) is 0 Å². The highest BCUT2D eigenvalue weighted by Crippen LogP contribution is 2.23. The van der Waals surface area contributed by atoms with Crippen LogP contribution in [0.4, 0.5) is 4.39 Å². The third-order valence-corrected chi connectivity index (χ3v) is 4.61. The van der Waals surface area contributed by atoms with Crippen LogP contribution < -0.4 is 5.32 Å². The van der Waals surface area contributed by atoms with Crippen molar-refractivity contribution < 1.29 is 13.7 Å². The van der Waals surface area contributed by atoms with Gasteiger partial charge in [0.2, 0.25) is 5.82 Å². The molecule has 2 aromatic carbocycles. The molecule has 0 unspecified atom stereocenters. The van der Waals surface area contributed by atoms with Crippen LogP contribution in [0.5, 0.6) is 0 Å². The number of hydrogen-bond acceptors (Lipinski definition) is 4. The van der Waals surface area contributed by atoms with E-state index in [4.69, 9.17) is 4.52 Å². The minimum atomic E-state index is -0.316. The summed E-state index contributed by atoms with van der Waals surface area (Å²) in [6, 6.07) is 13.3. The molecule has 1 N–H and O–H groups in total. The van der Waals surface area contributed by atoms with Crippen LogP contribution in [-0.4, -0.2) is 22.1 Å². The number of carbonyl (C=O) groups is 1. The average Bonchev–Trinajstić information content (AvgIpc) is 3.34. The SMILES string of the molecule is O=C(NC1CCCC1)c1ccc(-c2nc(-c3ccc(F)cc3)no2)cc1. The third-order valence-electron chi connectivity index (χ3n) is 4.61. The number of aromatic nitrogens is 2. The number of benzene rings is 2. The van der Waals surface area contributed by atoms with Crippen molar-refractivity contribution in [3.8, 4) is 22.8 Å². The first-order valence-corrected chi connectivity index (χ1v) is 8.70. The highest BCUT2D eigenvalue weighted by atomic mass is 19.1. The van der Waals surface area contributed by atoms with Crippen LogP contribution >= 0.6 is 0 Å². The van der Waals surface area contributed by atoms with Crippen molar-refractivity contribution in [3.05, 3.63) is 59.9 Å². The Hall–Kier alpha value is -3.02. The molecule has 1 fully saturated rings. The van der Waals surface area contributed by atoms with Gasteiger partial charge in [-0.25, -0.2) is 4.39 Å². The molecule has 0 saturated heterocycles. The third kappa shape index (κ3) is 3.49. The summed E-state index contributed by atoms with van der Waals surface area (Å²) in [4.78, 5) is 16.6. The maximum Gasteiger partial charge on any atom is 0.258 e. The Morgan fingerprint density at radius 2 is 1.65 bits per heavy atom. The van der Waals surface area contributed by atoms with Crippen molar-refractivity contribution >= 4 is 5.91 Å². The topological polar surface area (TPSA) is 68.0 Å². The predicted molar refractivity (Wildman–Crippen MR) is 94.9 cm³/mol. The number of nitrogens with one attached hydrogen (secondary N) is 1. The van der Waals surface area contributed by atoms with E-state index in [0.29, 0.717) is 22.8 Å². The number of rotatable bonds is 4. The molecule has 5 nitrogen and oxygen atoms in total. The monoisotopic (exact) mass is 351 g/mol. The quantitative estimate of drug-likeness (QED) is 0.764. The van der Waals surface area contributed by atoms with Crippen LogP contribution in [0.15, 0.2) is 53.1 Å². The van der Waals surface area contributed by atoms with Gasteiger partial charge in [0, 0.05) is 22.7 Å². The summed E-state index contributed by atoms with van der Waals surface area (Å²) in [6.45, 7) is 0. The second kappa shape index (κ2) is 7.07. The summed E-state index contributed by atoms with van der Waals surface area (Å²) in [6.07, 6.45) is 4.46. The van der Waals surface area contributed by atoms with E-state index in [2.05, 4.69) is 15.5 Å². The molecule has 4 rings (SSSR count). The van der Waals surface area contributed by atoms with Crippen molar-refractivity contribution in [2.24, 2.45) is 0 Å². The van der Waals surface area contributed by atoms with Gasteiger partial charge in [-0.15, -0.1) is 0 Å². The van der Waals surface area contributed by atoms with Gasteiger partial charge >= 0.3 is 0 Å². The molecule has 1 aliphatic rings. The summed E-state index contributed by atoms with van der Waals surface area (Å²) in [7, 11) is 0. The van der Waals surface area contributed by atoms with Crippen molar-refractivity contribution in [2.75, 3.05) is 0 Å². The van der Waals surface area contributed by atoms with E-state index in [1.165, 1.54) is 25.0 Å². The molecule has 0 aliphatic heterocycles. The van der Waals surface area contributed by atoms with Crippen molar-refractivity contribution in [3.63, 3.8) is 0 Å². The summed E-state index contributed by atoms with van der Waals surface area (Å²) >= 11 is 0. The van der Waals surface area contributed by atoms with Crippen LogP contribution in [0, 0.1) is 5.82 Å². The summed E-state index contributed by atoms with van der Waals surface area (Å²) < 4.78 is 18.3. The summed E-state index contributed by atoms with van der Waals surface area (Å²) in [5.41, 5.74) is 2.01. The zero-order valence-corrected chi connectivity index (χ0v) is 14.1. The zero-order chi connectivity index (χ0) is 17.9. The Kier molecular flexibility index (Phi) is 4.48. The van der Waals surface area contributed by atoms with Gasteiger partial charge in [0.1, 0.15) is 5.82 Å². The summed E-state index contributed by atoms with van der Waals surface area (Å²) in [5.74, 6) is 0.375. The Labute approximate surface area is 150 Å². The molecule has 26 heavy (non-hydrogen) atoms. The van der Waals surface area contributed by atoms with E-state index >= 15 is 0 Å². The Bertz CT molecular complexity index is 898. The molecular weight excluding hydrogens is 333 g/mol. The molecule has 3 aromatic rings. The van der Waals surface area contributed by atoms with E-state index in [0.717, 1.165) is 18.4 Å². The maximum atomic E-state index is 13.0. The minimum Gasteiger partial charge on any atom is -0.349 e. The molecule has 0 bridgehead atoms. The molecule has 132 valence electrons. The molecule has 0 radical (unpaired) electrons. The Balaban J connectivity index is 1.48. The van der Waals surface area contributed by atoms with E-state index in [1.54, 1.807) is 36.4 Å². The lowest BCUT2D eigenvalue weighted by atomic mass is 10.1. The van der Waals surface area contributed by atoms with E-state index in [1.807, 2.05) is 0 Å². The molecular formula is C20H18FN3O2. The molecule has 6 heteroatoms. The predicted octanol–water partition coefficient (Wildman–Crippen LogP) is 4.22. The van der Waals surface area contributed by atoms with Gasteiger partial charge in [0.25, 0.3) is 11.8 Å². The zero-order valence-electron chi connectivity index (χ0n) is 14.1. The average molecular weight is 351 g/mol. The lowest BCUT2D eigenvalue weighted by molar-refractivity contribution is 0.0938. The van der Waals surface area contributed by atoms with E-state index in [-0.39, 0.29) is 17.8 Å². The number of hydrogen-bond donors (Lipinski definition) is 1. The molecule has 1 aromatic heterocycles. The second-order valence-corrected chi connectivity index (χ2v) is 6.46. The van der Waals surface area contributed by atoms with E-state index in [9.17, 15) is 9.18 Å². The molecule has 0 spiro atoms. The van der Waals surface area contributed by atoms with Crippen molar-refractivity contribution in [1.82, 2.24) is 15.5 Å². The van der Waals surface area contributed by atoms with Gasteiger partial charge in [0.05, 0.1) is 0 Å². The first-order chi connectivity index (χ1) is 12.7. The standard InChI is InChI=1S/C20H18FN3O2/c21-16-11-9-13(10-12-16)18-23-20(26-24-18)15-7-5-14(6-8-15)19(25)22-17-3-1-2-4-17/h5-12,17H,1-4H2,(H,22,25). The van der Waals surface area contributed by atoms with Gasteiger partial charge in [-0.1, -0.05) is 18.0 Å². The first kappa shape index (κ1) is 16.4. The van der Waals surface area contributed by atoms with Gasteiger partial charge < -0.3 is 9.84 Å². The maximum absolute atomic E-state index is 13.0. The highest BCUT2D eigenvalue weighted by molar-refractivity contribution is 5.94. The fourth-order valence-electron chi connectivity index (χ4n) is 3.16. The fraction of sp³-hybridized carbons (Fsp3) is 0.250. The number of amides is 1. The molecule has 1 amide bonds. The van der Waals surface area contributed by atoms with Gasteiger partial charge in [-0.05, 0) is 61.4 Å². The van der Waals surface area contributed by atoms with Crippen LogP contribution in [0.2, 0.25) is 0 Å². The van der Waals surface area contributed by atoms with Crippen molar-refractivity contribution in [1.29, 1.82) is 0 Å². The van der Waals surface area contributed by atoms with Crippen LogP contribution in [0.1, 0.15) is 36.0 Å². The van der Waals surface area contributed by atoms with Gasteiger partial charge in [-0.2, -0.15) is 4.98 Å². The second-order valence-electron chi connectivity index (χ2n) is 6.46. The molecule has 1 aliphatic carbocycles. The normalized spacial score (nSPS) is 14.5. The van der Waals surface area contributed by atoms with Gasteiger partial charge in [0.15, 0.2) is 0 Å². The Morgan fingerprint density at radius 3 is 2.35 bits per heavy atom. The number of carbonyl (C=O) groups excluding carboxylic acids is 1. The van der Waals surface area contributed by atoms with E-state index < -0.39 is 0 Å². The smallest absolute Gasteiger partial charge is 0.258 e. The molecule has 0 atom stereocenters. The lowest BCUT2D eigenvalue weighted by Crippen LogP contribution is -2.32. The number of halogens is 1. The largest absolute Gasteiger partial charge is 0.349 e.